The first kappa shape index (κ1) is 13.6. The SMILES string of the molecule is COCCn1cccc1C(=O)Nc1ncccc1Cl. The summed E-state index contributed by atoms with van der Waals surface area (Å²) in [5.74, 6) is 0.107. The van der Waals surface area contributed by atoms with Crippen LogP contribution in [0.5, 0.6) is 0 Å². The van der Waals surface area contributed by atoms with Crippen LogP contribution in [-0.4, -0.2) is 29.2 Å². The van der Waals surface area contributed by atoms with Crippen LogP contribution in [0, 0.1) is 0 Å². The summed E-state index contributed by atoms with van der Waals surface area (Å²) in [5, 5.41) is 3.09. The fourth-order valence-corrected chi connectivity index (χ4v) is 1.82. The van der Waals surface area contributed by atoms with Crippen molar-refractivity contribution in [3.05, 3.63) is 47.4 Å². The number of carbonyl (C=O) groups excluding carboxylic acids is 1. The summed E-state index contributed by atoms with van der Waals surface area (Å²) < 4.78 is 6.82. The minimum absolute atomic E-state index is 0.248. The average molecular weight is 280 g/mol. The van der Waals surface area contributed by atoms with E-state index in [1.54, 1.807) is 31.5 Å². The number of hydrogen-bond donors (Lipinski definition) is 1. The zero-order valence-electron chi connectivity index (χ0n) is 10.5. The van der Waals surface area contributed by atoms with Crippen LogP contribution in [0.1, 0.15) is 10.5 Å². The van der Waals surface area contributed by atoms with E-state index >= 15 is 0 Å². The highest BCUT2D eigenvalue weighted by atomic mass is 35.5. The minimum Gasteiger partial charge on any atom is -0.383 e. The van der Waals surface area contributed by atoms with Gasteiger partial charge in [0.15, 0.2) is 5.82 Å². The number of halogens is 1. The van der Waals surface area contributed by atoms with Crippen LogP contribution in [0.3, 0.4) is 0 Å². The molecule has 0 aliphatic carbocycles. The van der Waals surface area contributed by atoms with Gasteiger partial charge >= 0.3 is 0 Å². The predicted octanol–water partition coefficient (Wildman–Crippen LogP) is 2.44. The molecule has 0 fully saturated rings. The van der Waals surface area contributed by atoms with E-state index in [2.05, 4.69) is 10.3 Å². The molecule has 0 bridgehead atoms. The van der Waals surface area contributed by atoms with E-state index in [4.69, 9.17) is 16.3 Å². The van der Waals surface area contributed by atoms with Crippen molar-refractivity contribution in [3.8, 4) is 0 Å². The zero-order chi connectivity index (χ0) is 13.7. The summed E-state index contributed by atoms with van der Waals surface area (Å²) in [6, 6.07) is 6.93. The van der Waals surface area contributed by atoms with Gasteiger partial charge in [-0.1, -0.05) is 11.6 Å². The highest BCUT2D eigenvalue weighted by Gasteiger charge is 2.12. The first-order chi connectivity index (χ1) is 9.22. The fourth-order valence-electron chi connectivity index (χ4n) is 1.65. The molecule has 2 aromatic rings. The number of nitrogens with one attached hydrogen (secondary N) is 1. The highest BCUT2D eigenvalue weighted by Crippen LogP contribution is 2.18. The van der Waals surface area contributed by atoms with Crippen molar-refractivity contribution in [2.24, 2.45) is 0 Å². The van der Waals surface area contributed by atoms with E-state index in [0.29, 0.717) is 29.7 Å². The number of hydrogen-bond acceptors (Lipinski definition) is 3. The van der Waals surface area contributed by atoms with Gasteiger partial charge < -0.3 is 14.6 Å². The lowest BCUT2D eigenvalue weighted by Crippen LogP contribution is -2.18. The molecule has 6 heteroatoms. The monoisotopic (exact) mass is 279 g/mol. The molecular formula is C13H14ClN3O2. The van der Waals surface area contributed by atoms with Crippen molar-refractivity contribution in [2.75, 3.05) is 19.0 Å². The van der Waals surface area contributed by atoms with Crippen LogP contribution >= 0.6 is 11.6 Å². The zero-order valence-corrected chi connectivity index (χ0v) is 11.2. The van der Waals surface area contributed by atoms with Gasteiger partial charge in [0.25, 0.3) is 5.91 Å². The van der Waals surface area contributed by atoms with Crippen molar-refractivity contribution < 1.29 is 9.53 Å². The third-order valence-corrected chi connectivity index (χ3v) is 2.89. The van der Waals surface area contributed by atoms with Gasteiger partial charge in [-0.05, 0) is 24.3 Å². The van der Waals surface area contributed by atoms with Crippen molar-refractivity contribution in [1.29, 1.82) is 0 Å². The van der Waals surface area contributed by atoms with Crippen LogP contribution in [0.15, 0.2) is 36.7 Å². The molecule has 1 amide bonds. The van der Waals surface area contributed by atoms with Crippen LogP contribution in [0.2, 0.25) is 5.02 Å². The number of methoxy groups -OCH3 is 1. The molecular weight excluding hydrogens is 266 g/mol. The third kappa shape index (κ3) is 3.33. The van der Waals surface area contributed by atoms with Gasteiger partial charge in [-0.3, -0.25) is 4.79 Å². The first-order valence-electron chi connectivity index (χ1n) is 5.78. The largest absolute Gasteiger partial charge is 0.383 e. The number of carbonyl (C=O) groups is 1. The molecule has 0 radical (unpaired) electrons. The fraction of sp³-hybridized carbons (Fsp3) is 0.231. The Kier molecular flexibility index (Phi) is 4.54. The molecule has 0 aliphatic heterocycles. The van der Waals surface area contributed by atoms with Crippen LogP contribution < -0.4 is 5.32 Å². The molecule has 5 nitrogen and oxygen atoms in total. The Morgan fingerprint density at radius 2 is 2.32 bits per heavy atom. The number of aromatic nitrogens is 2. The van der Waals surface area contributed by atoms with Crippen molar-refractivity contribution >= 4 is 23.3 Å². The Hall–Kier alpha value is -1.85. The second-order valence-corrected chi connectivity index (χ2v) is 4.27. The molecule has 100 valence electrons. The Bertz CT molecular complexity index is 569. The van der Waals surface area contributed by atoms with E-state index in [-0.39, 0.29) is 5.91 Å². The van der Waals surface area contributed by atoms with E-state index in [1.807, 2.05) is 16.8 Å². The summed E-state index contributed by atoms with van der Waals surface area (Å²) in [6.07, 6.45) is 3.40. The molecule has 0 spiro atoms. The smallest absolute Gasteiger partial charge is 0.273 e. The third-order valence-electron chi connectivity index (χ3n) is 2.59. The quantitative estimate of drug-likeness (QED) is 0.914. The van der Waals surface area contributed by atoms with Gasteiger partial charge in [-0.15, -0.1) is 0 Å². The maximum absolute atomic E-state index is 12.1. The maximum atomic E-state index is 12.1. The summed E-state index contributed by atoms with van der Waals surface area (Å²) in [4.78, 5) is 16.2. The molecule has 2 rings (SSSR count). The lowest BCUT2D eigenvalue weighted by Gasteiger charge is -2.09. The number of anilines is 1. The van der Waals surface area contributed by atoms with Gasteiger partial charge in [-0.25, -0.2) is 4.98 Å². The van der Waals surface area contributed by atoms with Crippen molar-refractivity contribution in [3.63, 3.8) is 0 Å². The molecule has 0 aromatic carbocycles. The van der Waals surface area contributed by atoms with Gasteiger partial charge in [0.05, 0.1) is 11.6 Å². The van der Waals surface area contributed by atoms with Crippen LogP contribution in [0.4, 0.5) is 5.82 Å². The number of amides is 1. The summed E-state index contributed by atoms with van der Waals surface area (Å²) in [5.41, 5.74) is 0.541. The molecule has 2 heterocycles. The first-order valence-corrected chi connectivity index (χ1v) is 6.16. The number of nitrogens with zero attached hydrogens (tertiary/aromatic N) is 2. The molecule has 0 saturated carbocycles. The highest BCUT2D eigenvalue weighted by molar-refractivity contribution is 6.33. The van der Waals surface area contributed by atoms with Gasteiger partial charge in [0.2, 0.25) is 0 Å². The average Bonchev–Trinajstić information content (AvgIpc) is 2.87. The topological polar surface area (TPSA) is 56.1 Å². The normalized spacial score (nSPS) is 10.4. The van der Waals surface area contributed by atoms with E-state index in [9.17, 15) is 4.79 Å². The molecule has 0 atom stereocenters. The Morgan fingerprint density at radius 3 is 3.05 bits per heavy atom. The van der Waals surface area contributed by atoms with E-state index in [0.717, 1.165) is 0 Å². The number of pyridine rings is 1. The minimum atomic E-state index is -0.248. The standard InChI is InChI=1S/C13H14ClN3O2/c1-19-9-8-17-7-3-5-11(17)13(18)16-12-10(14)4-2-6-15-12/h2-7H,8-9H2,1H3,(H,15,16,18). The second-order valence-electron chi connectivity index (χ2n) is 3.87. The molecule has 1 N–H and O–H groups in total. The Balaban J connectivity index is 2.12. The van der Waals surface area contributed by atoms with E-state index < -0.39 is 0 Å². The van der Waals surface area contributed by atoms with Gasteiger partial charge in [-0.2, -0.15) is 0 Å². The molecule has 0 unspecified atom stereocenters. The number of ether oxygens (including phenoxy) is 1. The van der Waals surface area contributed by atoms with Crippen molar-refractivity contribution in [1.82, 2.24) is 9.55 Å². The molecule has 0 aliphatic rings. The lowest BCUT2D eigenvalue weighted by molar-refractivity contribution is 0.101. The second kappa shape index (κ2) is 6.36. The Labute approximate surface area is 116 Å². The van der Waals surface area contributed by atoms with E-state index in [1.165, 1.54) is 0 Å². The van der Waals surface area contributed by atoms with Gasteiger partial charge in [0, 0.05) is 26.0 Å². The molecule has 2 aromatic heterocycles. The van der Waals surface area contributed by atoms with Crippen molar-refractivity contribution in [2.45, 2.75) is 6.54 Å². The van der Waals surface area contributed by atoms with Gasteiger partial charge in [0.1, 0.15) is 5.69 Å². The number of rotatable bonds is 5. The van der Waals surface area contributed by atoms with Crippen LogP contribution in [-0.2, 0) is 11.3 Å². The molecule has 19 heavy (non-hydrogen) atoms. The summed E-state index contributed by atoms with van der Waals surface area (Å²) in [6.45, 7) is 1.15. The molecule has 0 saturated heterocycles. The Morgan fingerprint density at radius 1 is 1.47 bits per heavy atom. The summed E-state index contributed by atoms with van der Waals surface area (Å²) >= 11 is 5.95. The lowest BCUT2D eigenvalue weighted by atomic mass is 10.3. The summed E-state index contributed by atoms with van der Waals surface area (Å²) in [7, 11) is 1.62. The van der Waals surface area contributed by atoms with Crippen LogP contribution in [0.25, 0.3) is 0 Å². The maximum Gasteiger partial charge on any atom is 0.273 e. The predicted molar refractivity (Wildman–Crippen MR) is 73.5 cm³/mol.